The van der Waals surface area contributed by atoms with Gasteiger partial charge in [0.25, 0.3) is 0 Å². The Morgan fingerprint density at radius 1 is 1.16 bits per heavy atom. The van der Waals surface area contributed by atoms with Gasteiger partial charge >= 0.3 is 0 Å². The molecule has 0 radical (unpaired) electrons. The van der Waals surface area contributed by atoms with Crippen LogP contribution in [0.2, 0.25) is 0 Å². The molecule has 0 unspecified atom stereocenters. The number of halogens is 1. The van der Waals surface area contributed by atoms with Gasteiger partial charge in [0.15, 0.2) is 5.88 Å². The number of hydrogen-bond donors (Lipinski definition) is 3. The number of nitrogens with two attached hydrogens (primary N) is 1. The van der Waals surface area contributed by atoms with Gasteiger partial charge in [-0.05, 0) is 63.1 Å². The summed E-state index contributed by atoms with van der Waals surface area (Å²) in [7, 11) is 0. The predicted molar refractivity (Wildman–Crippen MR) is 174 cm³/mol. The number of ether oxygens (including phenoxy) is 2. The fourth-order valence-electron chi connectivity index (χ4n) is 4.86. The molecule has 1 aliphatic heterocycles. The Balaban J connectivity index is 1.31. The summed E-state index contributed by atoms with van der Waals surface area (Å²) >= 11 is 0. The number of nitrogens with one attached hydrogen (secondary N) is 2. The zero-order chi connectivity index (χ0) is 31.8. The molecule has 0 bridgehead atoms. The molecule has 0 atom stereocenters. The number of carbonyl (C=O) groups is 1. The van der Waals surface area contributed by atoms with Crippen LogP contribution < -0.4 is 25.8 Å². The van der Waals surface area contributed by atoms with E-state index in [1.165, 1.54) is 30.8 Å². The Morgan fingerprint density at radius 2 is 1.98 bits per heavy atom. The number of aryl methyl sites for hydroxylation is 1. The molecule has 1 amide bonds. The third-order valence-corrected chi connectivity index (χ3v) is 7.16. The van der Waals surface area contributed by atoms with Gasteiger partial charge < -0.3 is 30.7 Å². The smallest absolute Gasteiger partial charge is 0.245 e. The molecule has 12 heteroatoms. The normalized spacial score (nSPS) is 14.0. The highest BCUT2D eigenvalue weighted by Crippen LogP contribution is 2.35. The van der Waals surface area contributed by atoms with Gasteiger partial charge in [0.05, 0.1) is 35.4 Å². The fourth-order valence-corrected chi connectivity index (χ4v) is 4.86. The van der Waals surface area contributed by atoms with Gasteiger partial charge in [-0.1, -0.05) is 6.58 Å². The molecule has 2 aromatic carbocycles. The number of aromatic nitrogens is 3. The molecule has 1 fully saturated rings. The Kier molecular flexibility index (Phi) is 9.83. The van der Waals surface area contributed by atoms with Crippen molar-refractivity contribution in [2.24, 2.45) is 10.7 Å². The van der Waals surface area contributed by atoms with Gasteiger partial charge in [-0.25, -0.2) is 14.4 Å². The van der Waals surface area contributed by atoms with Gasteiger partial charge in [0, 0.05) is 54.6 Å². The molecule has 3 heterocycles. The number of carbonyl (C=O) groups excluding carboxylic acids is 1. The highest BCUT2D eigenvalue weighted by molar-refractivity contribution is 5.95. The van der Waals surface area contributed by atoms with Crippen LogP contribution in [0.15, 0.2) is 84.6 Å². The van der Waals surface area contributed by atoms with Crippen molar-refractivity contribution in [3.8, 4) is 11.5 Å². The monoisotopic (exact) mass is 610 g/mol. The Labute approximate surface area is 260 Å². The van der Waals surface area contributed by atoms with Crippen LogP contribution in [0.25, 0.3) is 10.9 Å². The number of anilines is 3. The fraction of sp³-hybridized carbons (Fsp3) is 0.242. The average molecular weight is 611 g/mol. The summed E-state index contributed by atoms with van der Waals surface area (Å²) in [6.07, 6.45) is 8.91. The summed E-state index contributed by atoms with van der Waals surface area (Å²) < 4.78 is 26.7. The van der Waals surface area contributed by atoms with E-state index in [1.54, 1.807) is 23.2 Å². The van der Waals surface area contributed by atoms with E-state index in [4.69, 9.17) is 15.2 Å². The van der Waals surface area contributed by atoms with Gasteiger partial charge in [0.2, 0.25) is 5.91 Å². The topological polar surface area (TPSA) is 140 Å². The summed E-state index contributed by atoms with van der Waals surface area (Å²) in [6, 6.07) is 11.9. The third-order valence-electron chi connectivity index (χ3n) is 7.16. The van der Waals surface area contributed by atoms with Crippen molar-refractivity contribution in [2.45, 2.75) is 32.7 Å². The first-order chi connectivity index (χ1) is 21.8. The number of aliphatic imine (C=N–C) groups is 1. The standard InChI is InChI=1S/C33H35FN8O3/c1-4-32(43)42-14-11-22(12-15-42)40-29-17-25-28(18-30(29)44-5-2)38-20-39-33(25)41-27-9-8-24(16-26(27)34)45-31(35)10-13-36-23-7-6-21(3)37-19-23/h4,6-10,13,16-20,22,40H,1,5,11-12,14-15,35H2,2-3H3,(H,38,39,41)/b31-10+,36-13?. The number of amides is 1. The quantitative estimate of drug-likeness (QED) is 0.109. The number of piperidine rings is 1. The molecule has 5 rings (SSSR count). The van der Waals surface area contributed by atoms with Crippen molar-refractivity contribution < 1.29 is 18.7 Å². The lowest BCUT2D eigenvalue weighted by Gasteiger charge is -2.32. The van der Waals surface area contributed by atoms with Crippen molar-refractivity contribution >= 4 is 45.9 Å². The summed E-state index contributed by atoms with van der Waals surface area (Å²) in [5.41, 5.74) is 9.11. The van der Waals surface area contributed by atoms with E-state index >= 15 is 4.39 Å². The van der Waals surface area contributed by atoms with Crippen LogP contribution in [0.1, 0.15) is 25.5 Å². The van der Waals surface area contributed by atoms with Gasteiger partial charge in [-0.2, -0.15) is 0 Å². The third kappa shape index (κ3) is 7.91. The molecule has 1 saturated heterocycles. The summed E-state index contributed by atoms with van der Waals surface area (Å²) in [4.78, 5) is 31.0. The number of benzene rings is 2. The molecular formula is C33H35FN8O3. The summed E-state index contributed by atoms with van der Waals surface area (Å²) in [6.45, 7) is 9.12. The van der Waals surface area contributed by atoms with Crippen molar-refractivity contribution in [1.82, 2.24) is 19.9 Å². The summed E-state index contributed by atoms with van der Waals surface area (Å²) in [5.74, 6) is 0.721. The lowest BCUT2D eigenvalue weighted by Crippen LogP contribution is -2.41. The van der Waals surface area contributed by atoms with Crippen LogP contribution in [0.3, 0.4) is 0 Å². The first kappa shape index (κ1) is 30.9. The molecule has 0 spiro atoms. The van der Waals surface area contributed by atoms with Crippen molar-refractivity contribution in [3.63, 3.8) is 0 Å². The second-order valence-electron chi connectivity index (χ2n) is 10.3. The zero-order valence-corrected chi connectivity index (χ0v) is 25.2. The van der Waals surface area contributed by atoms with Crippen LogP contribution in [0, 0.1) is 12.7 Å². The Bertz CT molecular complexity index is 1730. The van der Waals surface area contributed by atoms with Crippen LogP contribution >= 0.6 is 0 Å². The highest BCUT2D eigenvalue weighted by Gasteiger charge is 2.23. The minimum Gasteiger partial charge on any atom is -0.492 e. The maximum Gasteiger partial charge on any atom is 0.245 e. The average Bonchev–Trinajstić information content (AvgIpc) is 3.04. The molecule has 45 heavy (non-hydrogen) atoms. The van der Waals surface area contributed by atoms with E-state index in [-0.39, 0.29) is 29.3 Å². The minimum atomic E-state index is -0.559. The summed E-state index contributed by atoms with van der Waals surface area (Å²) in [5, 5.41) is 7.33. The first-order valence-electron chi connectivity index (χ1n) is 14.6. The van der Waals surface area contributed by atoms with Crippen LogP contribution in [-0.4, -0.2) is 57.7 Å². The van der Waals surface area contributed by atoms with Crippen LogP contribution in [0.5, 0.6) is 11.5 Å². The molecule has 2 aromatic heterocycles. The number of allylic oxidation sites excluding steroid dienone is 1. The number of rotatable bonds is 11. The van der Waals surface area contributed by atoms with Crippen molar-refractivity contribution in [2.75, 3.05) is 30.3 Å². The lowest BCUT2D eigenvalue weighted by molar-refractivity contribution is -0.126. The van der Waals surface area contributed by atoms with E-state index in [9.17, 15) is 4.79 Å². The number of hydrogen-bond acceptors (Lipinski definition) is 10. The number of nitrogens with zero attached hydrogens (tertiary/aromatic N) is 5. The molecule has 4 aromatic rings. The van der Waals surface area contributed by atoms with Crippen molar-refractivity contribution in [1.29, 1.82) is 0 Å². The molecule has 0 saturated carbocycles. The van der Waals surface area contributed by atoms with Gasteiger partial charge in [-0.3, -0.25) is 14.8 Å². The second kappa shape index (κ2) is 14.3. The van der Waals surface area contributed by atoms with E-state index in [1.807, 2.05) is 38.1 Å². The highest BCUT2D eigenvalue weighted by atomic mass is 19.1. The number of fused-ring (bicyclic) bond motifs is 1. The van der Waals surface area contributed by atoms with E-state index < -0.39 is 5.82 Å². The number of pyridine rings is 1. The lowest BCUT2D eigenvalue weighted by atomic mass is 10.0. The SMILES string of the molecule is C=CC(=O)N1CCC(Nc2cc3c(Nc4ccc(O/C(N)=C/C=Nc5ccc(C)nc5)cc4F)ncnc3cc2OCC)CC1. The zero-order valence-electron chi connectivity index (χ0n) is 25.2. The molecule has 4 N–H and O–H groups in total. The molecule has 1 aliphatic rings. The van der Waals surface area contributed by atoms with Crippen LogP contribution in [0.4, 0.5) is 27.3 Å². The van der Waals surface area contributed by atoms with Gasteiger partial charge in [0.1, 0.15) is 29.5 Å². The van der Waals surface area contributed by atoms with E-state index in [0.29, 0.717) is 47.9 Å². The van der Waals surface area contributed by atoms with E-state index in [0.717, 1.165) is 24.2 Å². The van der Waals surface area contributed by atoms with Crippen molar-refractivity contribution in [3.05, 3.63) is 91.1 Å². The second-order valence-corrected chi connectivity index (χ2v) is 10.3. The molecule has 0 aliphatic carbocycles. The number of likely N-dealkylation sites (tertiary alicyclic amines) is 1. The predicted octanol–water partition coefficient (Wildman–Crippen LogP) is 5.78. The Hall–Kier alpha value is -5.52. The molecule has 11 nitrogen and oxygen atoms in total. The Morgan fingerprint density at radius 3 is 2.69 bits per heavy atom. The molecular weight excluding hydrogens is 575 g/mol. The maximum absolute atomic E-state index is 15.2. The minimum absolute atomic E-state index is 0.0452. The van der Waals surface area contributed by atoms with Gasteiger partial charge in [-0.15, -0.1) is 0 Å². The molecule has 232 valence electrons. The first-order valence-corrected chi connectivity index (χ1v) is 14.6. The maximum atomic E-state index is 15.2. The van der Waals surface area contributed by atoms with E-state index in [2.05, 4.69) is 37.2 Å². The largest absolute Gasteiger partial charge is 0.492 e. The van der Waals surface area contributed by atoms with Crippen LogP contribution in [-0.2, 0) is 4.79 Å².